The van der Waals surface area contributed by atoms with Gasteiger partial charge in [-0.05, 0) is 43.3 Å². The fourth-order valence-electron chi connectivity index (χ4n) is 1.65. The van der Waals surface area contributed by atoms with Gasteiger partial charge >= 0.3 is 11.9 Å². The van der Waals surface area contributed by atoms with Gasteiger partial charge in [-0.1, -0.05) is 11.6 Å². The monoisotopic (exact) mass is 323 g/mol. The number of amides is 1. The molecule has 6 nitrogen and oxygen atoms in total. The summed E-state index contributed by atoms with van der Waals surface area (Å²) in [5.74, 6) is -1.04. The maximum absolute atomic E-state index is 12.4. The molecule has 0 saturated heterocycles. The second-order valence-electron chi connectivity index (χ2n) is 4.13. The van der Waals surface area contributed by atoms with Crippen LogP contribution in [-0.2, 0) is 14.4 Å². The van der Waals surface area contributed by atoms with Crippen molar-refractivity contribution in [2.24, 2.45) is 0 Å². The Morgan fingerprint density at radius 3 is 2.55 bits per heavy atom. The van der Waals surface area contributed by atoms with E-state index in [0.29, 0.717) is 10.7 Å². The molecule has 0 atom stereocenters. The Morgan fingerprint density at radius 1 is 1.23 bits per heavy atom. The van der Waals surface area contributed by atoms with E-state index in [2.05, 4.69) is 0 Å². The van der Waals surface area contributed by atoms with Gasteiger partial charge in [0, 0.05) is 5.02 Å². The zero-order valence-electron chi connectivity index (χ0n) is 11.8. The number of carbonyl (C=O) groups is 2. The maximum atomic E-state index is 12.4. The molecule has 0 aliphatic rings. The Morgan fingerprint density at radius 2 is 1.95 bits per heavy atom. The van der Waals surface area contributed by atoms with Crippen molar-refractivity contribution in [1.82, 2.24) is 0 Å². The lowest BCUT2D eigenvalue weighted by molar-refractivity contribution is -0.148. The number of halogens is 1. The molecule has 0 spiro atoms. The van der Waals surface area contributed by atoms with Gasteiger partial charge in [0.1, 0.15) is 0 Å². The van der Waals surface area contributed by atoms with E-state index in [1.54, 1.807) is 37.3 Å². The van der Waals surface area contributed by atoms with E-state index in [4.69, 9.17) is 25.6 Å². The van der Waals surface area contributed by atoms with Crippen LogP contribution in [0.4, 0.5) is 5.69 Å². The molecule has 0 bridgehead atoms. The molecule has 1 amide bonds. The zero-order chi connectivity index (χ0) is 15.9. The average Bonchev–Trinajstić information content (AvgIpc) is 3.03. The van der Waals surface area contributed by atoms with Gasteiger partial charge in [0.2, 0.25) is 0 Å². The summed E-state index contributed by atoms with van der Waals surface area (Å²) in [6.45, 7) is 1.51. The lowest BCUT2D eigenvalue weighted by atomic mass is 10.3. The first-order valence-corrected chi connectivity index (χ1v) is 6.91. The molecule has 0 N–H and O–H groups in total. The largest absolute Gasteiger partial charge is 0.464 e. The first kappa shape index (κ1) is 16.1. The van der Waals surface area contributed by atoms with Crippen LogP contribution in [0.15, 0.2) is 47.1 Å². The zero-order valence-corrected chi connectivity index (χ0v) is 12.6. The van der Waals surface area contributed by atoms with Crippen LogP contribution >= 0.6 is 11.6 Å². The van der Waals surface area contributed by atoms with E-state index in [9.17, 15) is 9.59 Å². The highest BCUT2D eigenvalue weighted by Gasteiger charge is 2.22. The number of hydrogen-bond donors (Lipinski definition) is 0. The molecule has 2 aromatic rings. The van der Waals surface area contributed by atoms with Crippen molar-refractivity contribution >= 4 is 29.2 Å². The third kappa shape index (κ3) is 4.09. The van der Waals surface area contributed by atoms with Crippen LogP contribution in [0, 0.1) is 0 Å². The summed E-state index contributed by atoms with van der Waals surface area (Å²) in [6, 6.07) is 9.47. The van der Waals surface area contributed by atoms with Crippen LogP contribution in [0.2, 0.25) is 5.02 Å². The minimum absolute atomic E-state index is 0.0822. The number of furan rings is 1. The molecule has 0 aliphatic heterocycles. The van der Waals surface area contributed by atoms with E-state index in [1.807, 2.05) is 0 Å². The Hall–Kier alpha value is -2.31. The number of hydrogen-bond acceptors (Lipinski definition) is 5. The Labute approximate surface area is 132 Å². The summed E-state index contributed by atoms with van der Waals surface area (Å²) >= 11 is 5.83. The molecule has 0 aliphatic carbocycles. The van der Waals surface area contributed by atoms with Gasteiger partial charge in [0.15, 0.2) is 12.4 Å². The van der Waals surface area contributed by atoms with E-state index < -0.39 is 18.5 Å². The Bertz CT molecular complexity index is 624. The van der Waals surface area contributed by atoms with E-state index in [-0.39, 0.29) is 12.4 Å². The number of hydroxylamine groups is 1. The third-order valence-electron chi connectivity index (χ3n) is 2.59. The molecule has 22 heavy (non-hydrogen) atoms. The summed E-state index contributed by atoms with van der Waals surface area (Å²) in [4.78, 5) is 29.1. The summed E-state index contributed by atoms with van der Waals surface area (Å²) in [6.07, 6.45) is 1.37. The number of rotatable bonds is 6. The molecule has 0 unspecified atom stereocenters. The predicted octanol–water partition coefficient (Wildman–Crippen LogP) is 3.07. The highest BCUT2D eigenvalue weighted by atomic mass is 35.5. The molecule has 1 heterocycles. The smallest absolute Gasteiger partial charge is 0.334 e. The predicted molar refractivity (Wildman–Crippen MR) is 79.6 cm³/mol. The average molecular weight is 324 g/mol. The van der Waals surface area contributed by atoms with Gasteiger partial charge in [-0.25, -0.2) is 4.79 Å². The van der Waals surface area contributed by atoms with Gasteiger partial charge in [0.05, 0.1) is 18.6 Å². The van der Waals surface area contributed by atoms with Gasteiger partial charge in [-0.15, -0.1) is 0 Å². The van der Waals surface area contributed by atoms with Crippen molar-refractivity contribution in [2.45, 2.75) is 6.92 Å². The molecule has 1 aromatic heterocycles. The van der Waals surface area contributed by atoms with Crippen molar-refractivity contribution in [3.63, 3.8) is 0 Å². The standard InChI is InChI=1S/C15H14ClNO5/c1-2-20-14(18)10-22-17(12-7-5-11(16)6-8-12)15(19)13-4-3-9-21-13/h3-9H,2,10H2,1H3. The van der Waals surface area contributed by atoms with Crippen molar-refractivity contribution < 1.29 is 23.6 Å². The quantitative estimate of drug-likeness (QED) is 0.603. The van der Waals surface area contributed by atoms with Crippen molar-refractivity contribution in [1.29, 1.82) is 0 Å². The lowest BCUT2D eigenvalue weighted by Gasteiger charge is -2.20. The van der Waals surface area contributed by atoms with Crippen molar-refractivity contribution in [3.8, 4) is 0 Å². The molecule has 0 radical (unpaired) electrons. The second-order valence-corrected chi connectivity index (χ2v) is 4.57. The topological polar surface area (TPSA) is 69.0 Å². The van der Waals surface area contributed by atoms with Crippen LogP contribution in [0.5, 0.6) is 0 Å². The highest BCUT2D eigenvalue weighted by molar-refractivity contribution is 6.30. The van der Waals surface area contributed by atoms with Gasteiger partial charge in [-0.2, -0.15) is 5.06 Å². The normalized spacial score (nSPS) is 10.3. The Kier molecular flexibility index (Phi) is 5.57. The van der Waals surface area contributed by atoms with E-state index in [1.165, 1.54) is 12.3 Å². The van der Waals surface area contributed by atoms with Gasteiger partial charge in [0.25, 0.3) is 0 Å². The number of esters is 1. The summed E-state index contributed by atoms with van der Waals surface area (Å²) in [5, 5.41) is 1.48. The first-order chi connectivity index (χ1) is 10.6. The van der Waals surface area contributed by atoms with Gasteiger partial charge in [-0.3, -0.25) is 9.63 Å². The maximum Gasteiger partial charge on any atom is 0.334 e. The van der Waals surface area contributed by atoms with Crippen LogP contribution < -0.4 is 5.06 Å². The number of benzene rings is 1. The molecular formula is C15H14ClNO5. The minimum Gasteiger partial charge on any atom is -0.464 e. The lowest BCUT2D eigenvalue weighted by Crippen LogP contribution is -2.33. The molecule has 116 valence electrons. The summed E-state index contributed by atoms with van der Waals surface area (Å²) in [7, 11) is 0. The number of ether oxygens (including phenoxy) is 1. The number of nitrogens with zero attached hydrogens (tertiary/aromatic N) is 1. The van der Waals surface area contributed by atoms with Crippen LogP contribution in [0.1, 0.15) is 17.5 Å². The molecule has 1 aromatic carbocycles. The molecule has 0 saturated carbocycles. The van der Waals surface area contributed by atoms with Crippen molar-refractivity contribution in [3.05, 3.63) is 53.4 Å². The second kappa shape index (κ2) is 7.63. The summed E-state index contributed by atoms with van der Waals surface area (Å²) in [5.41, 5.74) is 0.412. The molecule has 0 fully saturated rings. The third-order valence-corrected chi connectivity index (χ3v) is 2.85. The SMILES string of the molecule is CCOC(=O)CON(C(=O)c1ccco1)c1ccc(Cl)cc1. The fraction of sp³-hybridized carbons (Fsp3) is 0.200. The molecular weight excluding hydrogens is 310 g/mol. The minimum atomic E-state index is -0.575. The fourth-order valence-corrected chi connectivity index (χ4v) is 1.77. The summed E-state index contributed by atoms with van der Waals surface area (Å²) < 4.78 is 9.83. The van der Waals surface area contributed by atoms with Crippen LogP contribution in [-0.4, -0.2) is 25.1 Å². The van der Waals surface area contributed by atoms with Crippen LogP contribution in [0.25, 0.3) is 0 Å². The number of carbonyl (C=O) groups excluding carboxylic acids is 2. The first-order valence-electron chi connectivity index (χ1n) is 6.54. The van der Waals surface area contributed by atoms with Crippen LogP contribution in [0.3, 0.4) is 0 Å². The van der Waals surface area contributed by atoms with E-state index in [0.717, 1.165) is 5.06 Å². The van der Waals surface area contributed by atoms with Crippen molar-refractivity contribution in [2.75, 3.05) is 18.3 Å². The highest BCUT2D eigenvalue weighted by Crippen LogP contribution is 2.21. The Balaban J connectivity index is 2.18. The van der Waals surface area contributed by atoms with Gasteiger partial charge < -0.3 is 9.15 Å². The van der Waals surface area contributed by atoms with E-state index >= 15 is 0 Å². The number of anilines is 1. The molecule has 7 heteroatoms. The molecule has 2 rings (SSSR count).